The normalized spacial score (nSPS) is 12.9. The number of hydrogen-bond acceptors (Lipinski definition) is 4. The molecule has 0 radical (unpaired) electrons. The third-order valence-electron chi connectivity index (χ3n) is 2.21. The highest BCUT2D eigenvalue weighted by Crippen LogP contribution is 2.30. The predicted octanol–water partition coefficient (Wildman–Crippen LogP) is 0.749. The number of carbonyl (C=O) groups excluding carboxylic acids is 1. The minimum atomic E-state index is -4.16. The van der Waals surface area contributed by atoms with Gasteiger partial charge >= 0.3 is 0 Å². The molecule has 106 valence electrons. The molecule has 1 aromatic rings. The molecule has 0 aliphatic carbocycles. The lowest BCUT2D eigenvalue weighted by Gasteiger charge is -2.15. The lowest BCUT2D eigenvalue weighted by atomic mass is 10.3. The second-order valence-corrected chi connectivity index (χ2v) is 6.02. The first-order chi connectivity index (χ1) is 8.66. The number of ether oxygens (including phenoxy) is 1. The van der Waals surface area contributed by atoms with Gasteiger partial charge in [-0.1, -0.05) is 0 Å². The monoisotopic (exact) mass is 354 g/mol. The standard InChI is InChI=1S/C10H12BrFN2O4S/c1-5(10(15)14-2)18-8-4-7(12)9(3-6(8)11)19(13,16)17/h3-5H,1-2H3,(H,14,15)(H2,13,16,17). The van der Waals surface area contributed by atoms with Crippen molar-refractivity contribution in [3.8, 4) is 5.75 Å². The molecular weight excluding hydrogens is 343 g/mol. The third kappa shape index (κ3) is 3.88. The molecule has 1 amide bonds. The maximum absolute atomic E-state index is 13.6. The number of nitrogens with one attached hydrogen (secondary N) is 1. The van der Waals surface area contributed by atoms with Gasteiger partial charge in [-0.2, -0.15) is 0 Å². The van der Waals surface area contributed by atoms with Gasteiger partial charge in [-0.05, 0) is 28.9 Å². The first-order valence-corrected chi connectivity index (χ1v) is 7.41. The first kappa shape index (κ1) is 15.9. The predicted molar refractivity (Wildman–Crippen MR) is 69.6 cm³/mol. The smallest absolute Gasteiger partial charge is 0.260 e. The summed E-state index contributed by atoms with van der Waals surface area (Å²) in [4.78, 5) is 10.6. The number of carbonyl (C=O) groups is 1. The summed E-state index contributed by atoms with van der Waals surface area (Å²) < 4.78 is 41.2. The Morgan fingerprint density at radius 1 is 1.53 bits per heavy atom. The van der Waals surface area contributed by atoms with Crippen LogP contribution >= 0.6 is 15.9 Å². The van der Waals surface area contributed by atoms with Gasteiger partial charge in [0.05, 0.1) is 4.47 Å². The van der Waals surface area contributed by atoms with Crippen LogP contribution in [0.4, 0.5) is 4.39 Å². The molecule has 1 aromatic carbocycles. The number of nitrogens with two attached hydrogens (primary N) is 1. The Labute approximate surface area is 118 Å². The summed E-state index contributed by atoms with van der Waals surface area (Å²) in [5.74, 6) is -1.45. The number of benzene rings is 1. The van der Waals surface area contributed by atoms with Gasteiger partial charge in [-0.25, -0.2) is 17.9 Å². The first-order valence-electron chi connectivity index (χ1n) is 5.07. The quantitative estimate of drug-likeness (QED) is 0.833. The van der Waals surface area contributed by atoms with Crippen LogP contribution in [-0.2, 0) is 14.8 Å². The van der Waals surface area contributed by atoms with E-state index in [0.29, 0.717) is 0 Å². The molecule has 1 unspecified atom stereocenters. The molecule has 0 aliphatic heterocycles. The van der Waals surface area contributed by atoms with Crippen molar-refractivity contribution in [2.24, 2.45) is 5.14 Å². The molecule has 3 N–H and O–H groups in total. The Hall–Kier alpha value is -1.19. The number of hydrogen-bond donors (Lipinski definition) is 2. The summed E-state index contributed by atoms with van der Waals surface area (Å²) in [6, 6.07) is 1.83. The second-order valence-electron chi connectivity index (χ2n) is 3.63. The molecule has 19 heavy (non-hydrogen) atoms. The van der Waals surface area contributed by atoms with Crippen LogP contribution in [0, 0.1) is 5.82 Å². The fraction of sp³-hybridized carbons (Fsp3) is 0.300. The Bertz CT molecular complexity index is 606. The van der Waals surface area contributed by atoms with E-state index in [2.05, 4.69) is 21.2 Å². The Morgan fingerprint density at radius 2 is 2.11 bits per heavy atom. The summed E-state index contributed by atoms with van der Waals surface area (Å²) in [6.45, 7) is 1.47. The lowest BCUT2D eigenvalue weighted by molar-refractivity contribution is -0.126. The summed E-state index contributed by atoms with van der Waals surface area (Å²) in [5, 5.41) is 7.22. The van der Waals surface area contributed by atoms with E-state index in [4.69, 9.17) is 9.88 Å². The fourth-order valence-corrected chi connectivity index (χ4v) is 2.47. The average Bonchev–Trinajstić information content (AvgIpc) is 2.30. The van der Waals surface area contributed by atoms with Crippen LogP contribution in [0.5, 0.6) is 5.75 Å². The summed E-state index contributed by atoms with van der Waals surface area (Å²) in [7, 11) is -2.73. The molecule has 9 heteroatoms. The number of sulfonamides is 1. The molecule has 0 saturated carbocycles. The van der Waals surface area contributed by atoms with Crippen LogP contribution < -0.4 is 15.2 Å². The molecule has 0 bridgehead atoms. The highest BCUT2D eigenvalue weighted by Gasteiger charge is 2.20. The number of halogens is 2. The number of amides is 1. The van der Waals surface area contributed by atoms with Crippen molar-refractivity contribution in [2.45, 2.75) is 17.9 Å². The largest absolute Gasteiger partial charge is 0.480 e. The van der Waals surface area contributed by atoms with Gasteiger partial charge in [0, 0.05) is 13.1 Å². The van der Waals surface area contributed by atoms with Crippen LogP contribution in [0.15, 0.2) is 21.5 Å². The number of rotatable bonds is 4. The summed E-state index contributed by atoms with van der Waals surface area (Å²) >= 11 is 3.03. The van der Waals surface area contributed by atoms with Gasteiger partial charge in [0.25, 0.3) is 5.91 Å². The van der Waals surface area contributed by atoms with Crippen molar-refractivity contribution in [1.29, 1.82) is 0 Å². The molecular formula is C10H12BrFN2O4S. The maximum Gasteiger partial charge on any atom is 0.260 e. The van der Waals surface area contributed by atoms with Crippen LogP contribution in [0.1, 0.15) is 6.92 Å². The van der Waals surface area contributed by atoms with Gasteiger partial charge in [0.2, 0.25) is 10.0 Å². The SMILES string of the molecule is CNC(=O)C(C)Oc1cc(F)c(S(N)(=O)=O)cc1Br. The Balaban J connectivity index is 3.13. The van der Waals surface area contributed by atoms with E-state index in [-0.39, 0.29) is 10.2 Å². The molecule has 6 nitrogen and oxygen atoms in total. The van der Waals surface area contributed by atoms with Crippen molar-refractivity contribution in [2.75, 3.05) is 7.05 Å². The molecule has 0 saturated heterocycles. The zero-order chi connectivity index (χ0) is 14.8. The molecule has 0 heterocycles. The zero-order valence-corrected chi connectivity index (χ0v) is 12.5. The molecule has 0 aromatic heterocycles. The van der Waals surface area contributed by atoms with Gasteiger partial charge in [0.1, 0.15) is 16.5 Å². The fourth-order valence-electron chi connectivity index (χ4n) is 1.27. The van der Waals surface area contributed by atoms with Crippen LogP contribution in [0.25, 0.3) is 0 Å². The van der Waals surface area contributed by atoms with Crippen LogP contribution in [0.2, 0.25) is 0 Å². The van der Waals surface area contributed by atoms with Crippen molar-refractivity contribution in [3.05, 3.63) is 22.4 Å². The van der Waals surface area contributed by atoms with E-state index in [1.54, 1.807) is 0 Å². The highest BCUT2D eigenvalue weighted by molar-refractivity contribution is 9.10. The van der Waals surface area contributed by atoms with E-state index in [0.717, 1.165) is 12.1 Å². The maximum atomic E-state index is 13.6. The number of likely N-dealkylation sites (N-methyl/N-ethyl adjacent to an activating group) is 1. The van der Waals surface area contributed by atoms with Crippen molar-refractivity contribution >= 4 is 31.9 Å². The third-order valence-corrected chi connectivity index (χ3v) is 3.76. The van der Waals surface area contributed by atoms with Crippen LogP contribution in [-0.4, -0.2) is 27.5 Å². The topological polar surface area (TPSA) is 98.5 Å². The van der Waals surface area contributed by atoms with Gasteiger partial charge < -0.3 is 10.1 Å². The van der Waals surface area contributed by atoms with Crippen molar-refractivity contribution in [3.63, 3.8) is 0 Å². The average molecular weight is 355 g/mol. The van der Waals surface area contributed by atoms with E-state index in [9.17, 15) is 17.6 Å². The minimum Gasteiger partial charge on any atom is -0.480 e. The molecule has 0 aliphatic rings. The van der Waals surface area contributed by atoms with E-state index in [1.165, 1.54) is 14.0 Å². The minimum absolute atomic E-state index is 0.000926. The summed E-state index contributed by atoms with van der Waals surface area (Å²) in [6.07, 6.45) is -0.860. The van der Waals surface area contributed by atoms with E-state index < -0.39 is 32.7 Å². The molecule has 1 rings (SSSR count). The number of primary sulfonamides is 1. The van der Waals surface area contributed by atoms with Crippen molar-refractivity contribution < 1.29 is 22.3 Å². The van der Waals surface area contributed by atoms with Crippen LogP contribution in [0.3, 0.4) is 0 Å². The Kier molecular flexibility index (Phi) is 4.88. The molecule has 1 atom stereocenters. The zero-order valence-electron chi connectivity index (χ0n) is 10.1. The second kappa shape index (κ2) is 5.85. The molecule has 0 fully saturated rings. The van der Waals surface area contributed by atoms with Gasteiger partial charge in [-0.15, -0.1) is 0 Å². The van der Waals surface area contributed by atoms with Gasteiger partial charge in [-0.3, -0.25) is 4.79 Å². The lowest BCUT2D eigenvalue weighted by Crippen LogP contribution is -2.33. The van der Waals surface area contributed by atoms with E-state index in [1.807, 2.05) is 0 Å². The van der Waals surface area contributed by atoms with Gasteiger partial charge in [0.15, 0.2) is 6.10 Å². The Morgan fingerprint density at radius 3 is 2.58 bits per heavy atom. The summed E-state index contributed by atoms with van der Waals surface area (Å²) in [5.41, 5.74) is 0. The van der Waals surface area contributed by atoms with Crippen molar-refractivity contribution in [1.82, 2.24) is 5.32 Å². The highest BCUT2D eigenvalue weighted by atomic mass is 79.9. The van der Waals surface area contributed by atoms with E-state index >= 15 is 0 Å². The molecule has 0 spiro atoms.